The van der Waals surface area contributed by atoms with Crippen LogP contribution in [0.3, 0.4) is 0 Å². The van der Waals surface area contributed by atoms with E-state index in [9.17, 15) is 13.6 Å². The number of benzene rings is 1. The van der Waals surface area contributed by atoms with E-state index in [1.807, 2.05) is 0 Å². The molecule has 20 heavy (non-hydrogen) atoms. The molecule has 0 radical (unpaired) electrons. The summed E-state index contributed by atoms with van der Waals surface area (Å²) >= 11 is 2.97. The first-order chi connectivity index (χ1) is 9.56. The van der Waals surface area contributed by atoms with Crippen LogP contribution < -0.4 is 10.6 Å². The maximum Gasteiger partial charge on any atom is 0.224 e. The molecule has 2 N–H and O–H groups in total. The lowest BCUT2D eigenvalue weighted by molar-refractivity contribution is -0.116. The minimum atomic E-state index is -0.765. The van der Waals surface area contributed by atoms with Crippen molar-refractivity contribution in [2.45, 2.75) is 25.7 Å². The van der Waals surface area contributed by atoms with Gasteiger partial charge in [0.2, 0.25) is 5.91 Å². The Morgan fingerprint density at radius 3 is 2.90 bits per heavy atom. The molecule has 1 aliphatic heterocycles. The summed E-state index contributed by atoms with van der Waals surface area (Å²) in [6.45, 7) is 1.97. The molecule has 110 valence electrons. The van der Waals surface area contributed by atoms with E-state index in [1.54, 1.807) is 0 Å². The number of anilines is 1. The molecule has 1 amide bonds. The third-order valence-electron chi connectivity index (χ3n) is 3.46. The average Bonchev–Trinajstić information content (AvgIpc) is 2.44. The van der Waals surface area contributed by atoms with Crippen molar-refractivity contribution in [2.24, 2.45) is 5.92 Å². The zero-order valence-electron chi connectivity index (χ0n) is 11.0. The molecule has 1 unspecified atom stereocenters. The first-order valence-corrected chi connectivity index (χ1v) is 7.50. The first-order valence-electron chi connectivity index (χ1n) is 6.71. The number of piperidine rings is 1. The lowest BCUT2D eigenvalue weighted by atomic mass is 9.94. The maximum absolute atomic E-state index is 13.5. The molecule has 3 nitrogen and oxygen atoms in total. The molecular weight excluding hydrogens is 330 g/mol. The molecule has 1 aliphatic rings. The summed E-state index contributed by atoms with van der Waals surface area (Å²) in [4.78, 5) is 11.8. The lowest BCUT2D eigenvalue weighted by Gasteiger charge is -2.22. The highest BCUT2D eigenvalue weighted by Crippen LogP contribution is 2.24. The standard InChI is InChI=1S/C14H17BrF2N2O/c15-10-6-13(12(17)7-11(10)16)19-14(20)4-3-9-2-1-5-18-8-9/h6-7,9,18H,1-5,8H2,(H,19,20). The number of rotatable bonds is 4. The van der Waals surface area contributed by atoms with Crippen LogP contribution in [-0.4, -0.2) is 19.0 Å². The molecule has 0 spiro atoms. The quantitative estimate of drug-likeness (QED) is 0.820. The van der Waals surface area contributed by atoms with Crippen LogP contribution in [0.2, 0.25) is 0 Å². The Labute approximate surface area is 125 Å². The number of halogens is 3. The van der Waals surface area contributed by atoms with Gasteiger partial charge in [-0.3, -0.25) is 4.79 Å². The predicted molar refractivity (Wildman–Crippen MR) is 77.5 cm³/mol. The Bertz CT molecular complexity index is 490. The fourth-order valence-corrected chi connectivity index (χ4v) is 2.68. The zero-order chi connectivity index (χ0) is 14.5. The van der Waals surface area contributed by atoms with E-state index in [0.717, 1.165) is 38.4 Å². The normalized spacial score (nSPS) is 18.9. The van der Waals surface area contributed by atoms with Crippen molar-refractivity contribution in [3.05, 3.63) is 28.2 Å². The first kappa shape index (κ1) is 15.4. The Morgan fingerprint density at radius 2 is 2.20 bits per heavy atom. The van der Waals surface area contributed by atoms with E-state index in [0.29, 0.717) is 12.3 Å². The predicted octanol–water partition coefficient (Wildman–Crippen LogP) is 3.45. The number of carbonyl (C=O) groups is 1. The van der Waals surface area contributed by atoms with Gasteiger partial charge in [0.25, 0.3) is 0 Å². The molecule has 1 aromatic rings. The topological polar surface area (TPSA) is 41.1 Å². The highest BCUT2D eigenvalue weighted by atomic mass is 79.9. The van der Waals surface area contributed by atoms with E-state index in [2.05, 4.69) is 26.6 Å². The van der Waals surface area contributed by atoms with Crippen molar-refractivity contribution in [3.8, 4) is 0 Å². The van der Waals surface area contributed by atoms with E-state index in [1.165, 1.54) is 6.07 Å². The monoisotopic (exact) mass is 346 g/mol. The molecule has 6 heteroatoms. The highest BCUT2D eigenvalue weighted by Gasteiger charge is 2.16. The van der Waals surface area contributed by atoms with Crippen LogP contribution in [-0.2, 0) is 4.79 Å². The van der Waals surface area contributed by atoms with Gasteiger partial charge in [-0.15, -0.1) is 0 Å². The Kier molecular flexibility index (Phi) is 5.48. The van der Waals surface area contributed by atoms with Crippen molar-refractivity contribution < 1.29 is 13.6 Å². The Morgan fingerprint density at radius 1 is 1.40 bits per heavy atom. The van der Waals surface area contributed by atoms with E-state index in [4.69, 9.17) is 0 Å². The fraction of sp³-hybridized carbons (Fsp3) is 0.500. The minimum absolute atomic E-state index is 0.00467. The summed E-state index contributed by atoms with van der Waals surface area (Å²) in [6, 6.07) is 2.00. The third kappa shape index (κ3) is 4.24. The lowest BCUT2D eigenvalue weighted by Crippen LogP contribution is -2.30. The second-order valence-corrected chi connectivity index (χ2v) is 5.90. The van der Waals surface area contributed by atoms with Gasteiger partial charge in [-0.25, -0.2) is 8.78 Å². The third-order valence-corrected chi connectivity index (χ3v) is 4.07. The van der Waals surface area contributed by atoms with Crippen LogP contribution in [0, 0.1) is 17.6 Å². The van der Waals surface area contributed by atoms with Crippen molar-refractivity contribution in [2.75, 3.05) is 18.4 Å². The summed E-state index contributed by atoms with van der Waals surface area (Å²) < 4.78 is 26.7. The van der Waals surface area contributed by atoms with Gasteiger partial charge in [0.05, 0.1) is 10.2 Å². The van der Waals surface area contributed by atoms with Gasteiger partial charge >= 0.3 is 0 Å². The molecule has 1 fully saturated rings. The number of amides is 1. The molecule has 1 atom stereocenters. The largest absolute Gasteiger partial charge is 0.324 e. The summed E-state index contributed by atoms with van der Waals surface area (Å²) in [7, 11) is 0. The van der Waals surface area contributed by atoms with E-state index < -0.39 is 11.6 Å². The van der Waals surface area contributed by atoms with Gasteiger partial charge in [-0.2, -0.15) is 0 Å². The molecule has 0 bridgehead atoms. The fourth-order valence-electron chi connectivity index (χ4n) is 2.34. The van der Waals surface area contributed by atoms with Crippen LogP contribution in [0.15, 0.2) is 16.6 Å². The van der Waals surface area contributed by atoms with Gasteiger partial charge < -0.3 is 10.6 Å². The van der Waals surface area contributed by atoms with Gasteiger partial charge in [-0.1, -0.05) is 0 Å². The van der Waals surface area contributed by atoms with Crippen molar-refractivity contribution in [1.82, 2.24) is 5.32 Å². The van der Waals surface area contributed by atoms with Gasteiger partial charge in [0.15, 0.2) is 0 Å². The van der Waals surface area contributed by atoms with Crippen molar-refractivity contribution in [3.63, 3.8) is 0 Å². The summed E-state index contributed by atoms with van der Waals surface area (Å²) in [5.41, 5.74) is 0.00467. The van der Waals surface area contributed by atoms with Gasteiger partial charge in [0, 0.05) is 12.5 Å². The van der Waals surface area contributed by atoms with Crippen molar-refractivity contribution in [1.29, 1.82) is 0 Å². The molecule has 2 rings (SSSR count). The number of hydrogen-bond donors (Lipinski definition) is 2. The molecule has 0 aromatic heterocycles. The van der Waals surface area contributed by atoms with Crippen LogP contribution >= 0.6 is 15.9 Å². The Hall–Kier alpha value is -1.01. The van der Waals surface area contributed by atoms with Crippen LogP contribution in [0.5, 0.6) is 0 Å². The van der Waals surface area contributed by atoms with E-state index in [-0.39, 0.29) is 16.1 Å². The maximum atomic E-state index is 13.5. The molecular formula is C14H17BrF2N2O. The second kappa shape index (κ2) is 7.13. The molecule has 1 heterocycles. The summed E-state index contributed by atoms with van der Waals surface area (Å²) in [5.74, 6) is -1.19. The smallest absolute Gasteiger partial charge is 0.224 e. The van der Waals surface area contributed by atoms with Crippen LogP contribution in [0.1, 0.15) is 25.7 Å². The average molecular weight is 347 g/mol. The van der Waals surface area contributed by atoms with Crippen LogP contribution in [0.4, 0.5) is 14.5 Å². The zero-order valence-corrected chi connectivity index (χ0v) is 12.6. The number of nitrogens with one attached hydrogen (secondary N) is 2. The molecule has 0 saturated carbocycles. The number of carbonyl (C=O) groups excluding carboxylic acids is 1. The second-order valence-electron chi connectivity index (χ2n) is 5.05. The highest BCUT2D eigenvalue weighted by molar-refractivity contribution is 9.10. The molecule has 1 aromatic carbocycles. The summed E-state index contributed by atoms with van der Waals surface area (Å²) in [5, 5.41) is 5.78. The Balaban J connectivity index is 1.86. The van der Waals surface area contributed by atoms with Gasteiger partial charge in [0.1, 0.15) is 11.6 Å². The van der Waals surface area contributed by atoms with Gasteiger partial charge in [-0.05, 0) is 60.3 Å². The van der Waals surface area contributed by atoms with Crippen LogP contribution in [0.25, 0.3) is 0 Å². The number of hydrogen-bond acceptors (Lipinski definition) is 2. The SMILES string of the molecule is O=C(CCC1CCCNC1)Nc1cc(Br)c(F)cc1F. The molecule has 0 aliphatic carbocycles. The summed E-state index contributed by atoms with van der Waals surface area (Å²) in [6.07, 6.45) is 3.38. The van der Waals surface area contributed by atoms with E-state index >= 15 is 0 Å². The minimum Gasteiger partial charge on any atom is -0.324 e. The van der Waals surface area contributed by atoms with Crippen molar-refractivity contribution >= 4 is 27.5 Å². The molecule has 1 saturated heterocycles.